The van der Waals surface area contributed by atoms with Crippen LogP contribution >= 0.6 is 0 Å². The maximum Gasteiger partial charge on any atom is 0.256 e. The highest BCUT2D eigenvalue weighted by Crippen LogP contribution is 2.59. The summed E-state index contributed by atoms with van der Waals surface area (Å²) < 4.78 is 36.7. The van der Waals surface area contributed by atoms with Gasteiger partial charge in [-0.25, -0.2) is 0 Å². The Labute approximate surface area is 405 Å². The van der Waals surface area contributed by atoms with Gasteiger partial charge >= 0.3 is 0 Å². The summed E-state index contributed by atoms with van der Waals surface area (Å²) in [6.45, 7) is 13.0. The molecule has 9 aromatic carbocycles. The first-order chi connectivity index (χ1) is 34.0. The van der Waals surface area contributed by atoms with E-state index in [1.54, 1.807) is 0 Å². The molecule has 16 rings (SSSR count). The fourth-order valence-corrected chi connectivity index (χ4v) is 12.5. The van der Waals surface area contributed by atoms with Gasteiger partial charge in [0, 0.05) is 44.4 Å². The Balaban J connectivity index is 1.07. The van der Waals surface area contributed by atoms with E-state index in [4.69, 9.17) is 23.0 Å². The SMILES string of the molecule is CC(C)(C)c1ccc2c(c1)oc1c3c4c(cc12)B1c2cccc(-c5ccccc5)c2Oc2cc5c6c(c21)N4c1c(cc2c(oc4cc(C(C)(C)C)ccc42)c1O3)B6c1cccc(-c2ccccc2)c1O5. The van der Waals surface area contributed by atoms with Gasteiger partial charge in [-0.3, -0.25) is 0 Å². The molecule has 0 unspecified atom stereocenters. The van der Waals surface area contributed by atoms with Crippen molar-refractivity contribution in [3.63, 3.8) is 0 Å². The summed E-state index contributed by atoms with van der Waals surface area (Å²) in [4.78, 5) is 2.47. The van der Waals surface area contributed by atoms with Gasteiger partial charge < -0.3 is 27.9 Å². The van der Waals surface area contributed by atoms with Crippen molar-refractivity contribution in [1.29, 1.82) is 0 Å². The predicted octanol–water partition coefficient (Wildman–Crippen LogP) is 12.9. The first-order valence-corrected chi connectivity index (χ1v) is 24.5. The van der Waals surface area contributed by atoms with Crippen LogP contribution in [0.2, 0.25) is 0 Å². The molecular formula is C62H43B2NO5. The zero-order chi connectivity index (χ0) is 46.7. The Morgan fingerprint density at radius 1 is 0.386 bits per heavy atom. The number of benzene rings is 9. The van der Waals surface area contributed by atoms with E-state index >= 15 is 0 Å². The van der Waals surface area contributed by atoms with E-state index in [2.05, 4.69) is 198 Å². The van der Waals surface area contributed by atoms with Crippen molar-refractivity contribution in [2.45, 2.75) is 52.4 Å². The van der Waals surface area contributed by atoms with Crippen LogP contribution in [-0.4, -0.2) is 13.4 Å². The van der Waals surface area contributed by atoms with Gasteiger partial charge in [0.2, 0.25) is 0 Å². The number of rotatable bonds is 2. The lowest BCUT2D eigenvalue weighted by atomic mass is 9.29. The van der Waals surface area contributed by atoms with Crippen molar-refractivity contribution in [3.05, 3.63) is 163 Å². The Kier molecular flexibility index (Phi) is 7.19. The molecule has 11 aromatic rings. The Morgan fingerprint density at radius 3 is 1.29 bits per heavy atom. The number of hydrogen-bond acceptors (Lipinski definition) is 6. The third-order valence-corrected chi connectivity index (χ3v) is 15.9. The van der Waals surface area contributed by atoms with Crippen LogP contribution in [0.25, 0.3) is 66.1 Å². The maximum absolute atomic E-state index is 7.68. The fraction of sp³-hybridized carbons (Fsp3) is 0.129. The molecule has 70 heavy (non-hydrogen) atoms. The highest BCUT2D eigenvalue weighted by atomic mass is 16.5. The molecule has 8 heteroatoms. The number of furan rings is 2. The summed E-state index contributed by atoms with van der Waals surface area (Å²) in [5, 5.41) is 4.12. The lowest BCUT2D eigenvalue weighted by Crippen LogP contribution is -2.67. The van der Waals surface area contributed by atoms with Crippen LogP contribution in [0.5, 0.6) is 34.5 Å². The van der Waals surface area contributed by atoms with Crippen molar-refractivity contribution in [3.8, 4) is 56.8 Å². The Bertz CT molecular complexity index is 3930. The highest BCUT2D eigenvalue weighted by Gasteiger charge is 2.55. The number of anilines is 3. The van der Waals surface area contributed by atoms with Crippen LogP contribution in [-0.2, 0) is 10.8 Å². The van der Waals surface area contributed by atoms with Crippen LogP contribution in [0.4, 0.5) is 17.1 Å². The van der Waals surface area contributed by atoms with Crippen LogP contribution in [0.15, 0.2) is 160 Å². The average molecular weight is 904 g/mol. The minimum atomic E-state index is -0.217. The number of ether oxygens (including phenoxy) is 3. The Hall–Kier alpha value is -8.09. The van der Waals surface area contributed by atoms with Gasteiger partial charge in [-0.1, -0.05) is 175 Å². The third-order valence-electron chi connectivity index (χ3n) is 15.9. The van der Waals surface area contributed by atoms with Crippen molar-refractivity contribution in [2.24, 2.45) is 0 Å². The van der Waals surface area contributed by atoms with Crippen molar-refractivity contribution in [1.82, 2.24) is 0 Å². The van der Waals surface area contributed by atoms with Crippen LogP contribution in [0.1, 0.15) is 52.7 Å². The van der Waals surface area contributed by atoms with Gasteiger partial charge in [-0.15, -0.1) is 0 Å². The first-order valence-electron chi connectivity index (χ1n) is 24.5. The smallest absolute Gasteiger partial charge is 0.256 e. The van der Waals surface area contributed by atoms with Crippen LogP contribution < -0.4 is 51.9 Å². The molecule has 5 aliphatic rings. The molecule has 7 heterocycles. The van der Waals surface area contributed by atoms with Gasteiger partial charge in [0.15, 0.2) is 22.7 Å². The van der Waals surface area contributed by atoms with Gasteiger partial charge in [0.1, 0.15) is 34.2 Å². The van der Waals surface area contributed by atoms with E-state index in [0.717, 1.165) is 128 Å². The monoisotopic (exact) mass is 903 g/mol. The van der Waals surface area contributed by atoms with Crippen molar-refractivity contribution in [2.75, 3.05) is 4.90 Å². The molecule has 0 fully saturated rings. The molecule has 0 aliphatic carbocycles. The molecule has 0 radical (unpaired) electrons. The summed E-state index contributed by atoms with van der Waals surface area (Å²) in [5.74, 6) is 4.62. The minimum Gasteiger partial charge on any atom is -0.458 e. The second-order valence-electron chi connectivity index (χ2n) is 21.9. The lowest BCUT2D eigenvalue weighted by molar-refractivity contribution is 0.462. The number of nitrogens with zero attached hydrogens (tertiary/aromatic N) is 1. The molecule has 2 aromatic heterocycles. The molecule has 332 valence electrons. The standard InChI is InChI=1S/C62H43B2NO5/c1-61(2,3)34-23-25-38-40-29-44-52-59(57(40)66-46(38)27-34)70-60-53-45(30-41-39-26-24-35(62(4,5)6)28-47(39)67-58(41)60)64-43-22-14-20-37(33-17-11-8-12-18-33)56(43)69-49-31-48-50(54(51(49)64)65(52)53)63(44)42-21-13-19-36(55(42)68-48)32-15-9-7-10-16-32/h7-31H,1-6H3. The van der Waals surface area contributed by atoms with E-state index in [1.807, 2.05) is 0 Å². The minimum absolute atomic E-state index is 0.0709. The van der Waals surface area contributed by atoms with Gasteiger partial charge in [0.05, 0.1) is 11.4 Å². The molecule has 0 saturated carbocycles. The van der Waals surface area contributed by atoms with E-state index in [1.165, 1.54) is 11.1 Å². The van der Waals surface area contributed by atoms with Gasteiger partial charge in [0.25, 0.3) is 13.4 Å². The van der Waals surface area contributed by atoms with Crippen molar-refractivity contribution >= 4 is 107 Å². The summed E-state index contributed by atoms with van der Waals surface area (Å²) in [6.07, 6.45) is 0. The molecule has 0 bridgehead atoms. The van der Waals surface area contributed by atoms with Gasteiger partial charge in [-0.05, 0) is 78.0 Å². The van der Waals surface area contributed by atoms with Gasteiger partial charge in [-0.2, -0.15) is 0 Å². The third kappa shape index (κ3) is 4.90. The topological polar surface area (TPSA) is 57.2 Å². The predicted molar refractivity (Wildman–Crippen MR) is 286 cm³/mol. The molecule has 0 atom stereocenters. The zero-order valence-electron chi connectivity index (χ0n) is 39.6. The average Bonchev–Trinajstić information content (AvgIpc) is 3.94. The summed E-state index contributed by atoms with van der Waals surface area (Å²) in [5.41, 5.74) is 19.3. The summed E-state index contributed by atoms with van der Waals surface area (Å²) >= 11 is 0. The first kappa shape index (κ1) is 38.8. The zero-order valence-corrected chi connectivity index (χ0v) is 39.6. The normalized spacial score (nSPS) is 14.4. The number of para-hydroxylation sites is 2. The second kappa shape index (κ2) is 13.0. The fourth-order valence-electron chi connectivity index (χ4n) is 12.5. The largest absolute Gasteiger partial charge is 0.458 e. The summed E-state index contributed by atoms with van der Waals surface area (Å²) in [7, 11) is 0. The molecule has 0 N–H and O–H groups in total. The van der Waals surface area contributed by atoms with Crippen LogP contribution in [0, 0.1) is 0 Å². The molecular weight excluding hydrogens is 860 g/mol. The quantitative estimate of drug-likeness (QED) is 0.161. The molecule has 5 aliphatic heterocycles. The number of hydrogen-bond donors (Lipinski definition) is 0. The molecule has 6 nitrogen and oxygen atoms in total. The molecule has 0 amide bonds. The van der Waals surface area contributed by atoms with Crippen LogP contribution in [0.3, 0.4) is 0 Å². The maximum atomic E-state index is 7.68. The molecule has 0 saturated heterocycles. The number of fused-ring (bicyclic) bond motifs is 14. The Morgan fingerprint density at radius 2 is 0.843 bits per heavy atom. The van der Waals surface area contributed by atoms with E-state index in [0.29, 0.717) is 22.7 Å². The van der Waals surface area contributed by atoms with E-state index in [9.17, 15) is 0 Å². The second-order valence-corrected chi connectivity index (χ2v) is 21.9. The molecule has 0 spiro atoms. The lowest BCUT2D eigenvalue weighted by Gasteiger charge is -2.49. The van der Waals surface area contributed by atoms with Crippen molar-refractivity contribution < 1.29 is 23.0 Å². The summed E-state index contributed by atoms with van der Waals surface area (Å²) in [6, 6.07) is 54.7. The van der Waals surface area contributed by atoms with E-state index in [-0.39, 0.29) is 24.3 Å². The van der Waals surface area contributed by atoms with E-state index < -0.39 is 0 Å². The highest BCUT2D eigenvalue weighted by molar-refractivity contribution is 7.04.